The largest absolute Gasteiger partial charge is 0.494 e. The Bertz CT molecular complexity index is 524. The Balaban J connectivity index is 2.30. The molecule has 0 saturated carbocycles. The highest BCUT2D eigenvalue weighted by molar-refractivity contribution is 6.67. The van der Waals surface area contributed by atoms with E-state index in [0.29, 0.717) is 11.0 Å². The molecule has 0 bridgehead atoms. The third kappa shape index (κ3) is 2.50. The van der Waals surface area contributed by atoms with Crippen molar-refractivity contribution in [1.29, 1.82) is 0 Å². The van der Waals surface area contributed by atoms with Crippen LogP contribution in [0, 0.1) is 0 Å². The van der Waals surface area contributed by atoms with Gasteiger partial charge in [-0.15, -0.1) is 0 Å². The van der Waals surface area contributed by atoms with Crippen LogP contribution in [0.15, 0.2) is 18.2 Å². The first kappa shape index (κ1) is 15.1. The second-order valence-corrected chi connectivity index (χ2v) is 5.92. The van der Waals surface area contributed by atoms with Crippen molar-refractivity contribution in [2.45, 2.75) is 38.9 Å². The van der Waals surface area contributed by atoms with Crippen LogP contribution in [-0.2, 0) is 14.0 Å². The highest BCUT2D eigenvalue weighted by atomic mass is 16.7. The van der Waals surface area contributed by atoms with E-state index in [1.807, 2.05) is 27.7 Å². The molecule has 1 heterocycles. The van der Waals surface area contributed by atoms with Crippen LogP contribution >= 0.6 is 0 Å². The number of hydrogen-bond acceptors (Lipinski definition) is 4. The summed E-state index contributed by atoms with van der Waals surface area (Å²) in [5, 5.41) is 0. The Morgan fingerprint density at radius 2 is 1.75 bits per heavy atom. The first-order valence-electron chi connectivity index (χ1n) is 6.51. The van der Waals surface area contributed by atoms with Crippen molar-refractivity contribution >= 4 is 31.9 Å². The minimum Gasteiger partial charge on any atom is -0.465 e. The maximum absolute atomic E-state index is 11.5. The lowest BCUT2D eigenvalue weighted by Gasteiger charge is -2.32. The number of benzene rings is 1. The number of esters is 1. The van der Waals surface area contributed by atoms with Gasteiger partial charge in [0.05, 0.1) is 23.9 Å². The van der Waals surface area contributed by atoms with Gasteiger partial charge in [0.25, 0.3) is 0 Å². The third-order valence-corrected chi connectivity index (χ3v) is 4.02. The number of carbonyl (C=O) groups is 1. The normalized spacial score (nSPS) is 19.9. The molecule has 20 heavy (non-hydrogen) atoms. The smallest absolute Gasteiger partial charge is 0.465 e. The van der Waals surface area contributed by atoms with Crippen LogP contribution in [-0.4, -0.2) is 39.2 Å². The zero-order valence-corrected chi connectivity index (χ0v) is 12.5. The lowest BCUT2D eigenvalue weighted by Crippen LogP contribution is -2.43. The Labute approximate surface area is 121 Å². The maximum atomic E-state index is 11.5. The SMILES string of the molecule is [B]c1cc(C(=O)OC)ccc1B1OC(C)(C)C(C)(C)O1. The first-order chi connectivity index (χ1) is 9.18. The minimum atomic E-state index is -0.535. The van der Waals surface area contributed by atoms with E-state index in [1.54, 1.807) is 18.2 Å². The van der Waals surface area contributed by atoms with Gasteiger partial charge in [0.2, 0.25) is 0 Å². The molecule has 0 atom stereocenters. The van der Waals surface area contributed by atoms with Crippen molar-refractivity contribution in [2.24, 2.45) is 0 Å². The summed E-state index contributed by atoms with van der Waals surface area (Å²) in [6.07, 6.45) is 0. The monoisotopic (exact) mass is 272 g/mol. The molecule has 0 unspecified atom stereocenters. The summed E-state index contributed by atoms with van der Waals surface area (Å²) in [5.74, 6) is -0.419. The van der Waals surface area contributed by atoms with Crippen molar-refractivity contribution in [3.05, 3.63) is 23.8 Å². The summed E-state index contributed by atoms with van der Waals surface area (Å²) in [4.78, 5) is 11.5. The van der Waals surface area contributed by atoms with Crippen molar-refractivity contribution in [3.63, 3.8) is 0 Å². The van der Waals surface area contributed by atoms with Crippen LogP contribution in [0.5, 0.6) is 0 Å². The molecule has 1 saturated heterocycles. The number of hydrogen-bond donors (Lipinski definition) is 0. The van der Waals surface area contributed by atoms with Gasteiger partial charge < -0.3 is 14.0 Å². The molecule has 0 aromatic heterocycles. The summed E-state index contributed by atoms with van der Waals surface area (Å²) in [7, 11) is 6.80. The van der Waals surface area contributed by atoms with E-state index in [4.69, 9.17) is 17.2 Å². The Hall–Kier alpha value is -1.26. The Morgan fingerprint density at radius 1 is 1.20 bits per heavy atom. The molecule has 4 nitrogen and oxygen atoms in total. The Morgan fingerprint density at radius 3 is 2.20 bits per heavy atom. The zero-order chi connectivity index (χ0) is 15.1. The van der Waals surface area contributed by atoms with Gasteiger partial charge in [-0.2, -0.15) is 0 Å². The number of methoxy groups -OCH3 is 1. The molecule has 2 radical (unpaired) electrons. The van der Waals surface area contributed by atoms with E-state index >= 15 is 0 Å². The van der Waals surface area contributed by atoms with E-state index in [1.165, 1.54) is 7.11 Å². The molecular weight excluding hydrogens is 254 g/mol. The van der Waals surface area contributed by atoms with E-state index in [0.717, 1.165) is 5.46 Å². The van der Waals surface area contributed by atoms with Gasteiger partial charge in [-0.25, -0.2) is 4.79 Å². The van der Waals surface area contributed by atoms with Crippen LogP contribution in [0.3, 0.4) is 0 Å². The standard InChI is InChI=1S/C14H18B2O4/c1-13(2)14(3,4)20-16(19-13)11-7-6-9(8-10(11)15)12(17)18-5/h6-8H,1-5H3. The van der Waals surface area contributed by atoms with E-state index in [9.17, 15) is 4.79 Å². The molecule has 2 rings (SSSR count). The summed E-state index contributed by atoms with van der Waals surface area (Å²) in [6.45, 7) is 7.91. The molecule has 6 heteroatoms. The van der Waals surface area contributed by atoms with Crippen LogP contribution in [0.4, 0.5) is 0 Å². The number of carbonyl (C=O) groups excluding carboxylic acids is 1. The zero-order valence-electron chi connectivity index (χ0n) is 12.5. The van der Waals surface area contributed by atoms with Gasteiger partial charge in [-0.1, -0.05) is 17.6 Å². The second-order valence-electron chi connectivity index (χ2n) is 5.92. The lowest BCUT2D eigenvalue weighted by molar-refractivity contribution is 0.00578. The molecule has 1 fully saturated rings. The molecule has 1 aromatic carbocycles. The fourth-order valence-electron chi connectivity index (χ4n) is 2.00. The predicted octanol–water partition coefficient (Wildman–Crippen LogP) is 0.566. The van der Waals surface area contributed by atoms with E-state index in [-0.39, 0.29) is 0 Å². The van der Waals surface area contributed by atoms with Crippen molar-refractivity contribution < 1.29 is 18.8 Å². The van der Waals surface area contributed by atoms with Gasteiger partial charge in [0.1, 0.15) is 7.85 Å². The molecule has 104 valence electrons. The average molecular weight is 272 g/mol. The quantitative estimate of drug-likeness (QED) is 0.583. The maximum Gasteiger partial charge on any atom is 0.494 e. The predicted molar refractivity (Wildman–Crippen MR) is 78.9 cm³/mol. The van der Waals surface area contributed by atoms with Crippen LogP contribution in [0.2, 0.25) is 0 Å². The highest BCUT2D eigenvalue weighted by Gasteiger charge is 2.51. The van der Waals surface area contributed by atoms with Gasteiger partial charge in [-0.3, -0.25) is 0 Å². The molecule has 0 N–H and O–H groups in total. The fourth-order valence-corrected chi connectivity index (χ4v) is 2.00. The summed E-state index contributed by atoms with van der Waals surface area (Å²) in [6, 6.07) is 4.97. The molecule has 1 aliphatic heterocycles. The topological polar surface area (TPSA) is 44.8 Å². The molecule has 0 spiro atoms. The highest BCUT2D eigenvalue weighted by Crippen LogP contribution is 2.36. The fraction of sp³-hybridized carbons (Fsp3) is 0.500. The van der Waals surface area contributed by atoms with E-state index in [2.05, 4.69) is 4.74 Å². The summed E-state index contributed by atoms with van der Waals surface area (Å²) in [5.41, 5.74) is 0.726. The summed E-state index contributed by atoms with van der Waals surface area (Å²) >= 11 is 0. The van der Waals surface area contributed by atoms with Crippen LogP contribution in [0.25, 0.3) is 0 Å². The minimum absolute atomic E-state index is 0.408. The van der Waals surface area contributed by atoms with Gasteiger partial charge >= 0.3 is 13.1 Å². The van der Waals surface area contributed by atoms with Crippen molar-refractivity contribution in [1.82, 2.24) is 0 Å². The Kier molecular flexibility index (Phi) is 3.73. The van der Waals surface area contributed by atoms with Gasteiger partial charge in [0, 0.05) is 0 Å². The molecule has 0 amide bonds. The van der Waals surface area contributed by atoms with Crippen LogP contribution < -0.4 is 10.9 Å². The molecule has 0 aliphatic carbocycles. The van der Waals surface area contributed by atoms with Gasteiger partial charge in [-0.05, 0) is 39.2 Å². The number of ether oxygens (including phenoxy) is 1. The average Bonchev–Trinajstić information content (AvgIpc) is 2.57. The first-order valence-corrected chi connectivity index (χ1v) is 6.51. The van der Waals surface area contributed by atoms with Crippen molar-refractivity contribution in [3.8, 4) is 0 Å². The molecular formula is C14H18B2O4. The molecule has 1 aliphatic rings. The third-order valence-electron chi connectivity index (χ3n) is 4.02. The number of rotatable bonds is 2. The van der Waals surface area contributed by atoms with Crippen LogP contribution in [0.1, 0.15) is 38.1 Å². The second kappa shape index (κ2) is 4.93. The van der Waals surface area contributed by atoms with E-state index < -0.39 is 24.3 Å². The molecule has 1 aromatic rings. The van der Waals surface area contributed by atoms with Gasteiger partial charge in [0.15, 0.2) is 0 Å². The van der Waals surface area contributed by atoms with Crippen molar-refractivity contribution in [2.75, 3.05) is 7.11 Å². The summed E-state index contributed by atoms with van der Waals surface area (Å²) < 4.78 is 16.5. The lowest BCUT2D eigenvalue weighted by atomic mass is 9.70.